The molecule has 1 saturated heterocycles. The molecule has 0 radical (unpaired) electrons. The maximum absolute atomic E-state index is 6.13. The van der Waals surface area contributed by atoms with E-state index in [-0.39, 0.29) is 0 Å². The van der Waals surface area contributed by atoms with Crippen LogP contribution < -0.4 is 5.32 Å². The van der Waals surface area contributed by atoms with Gasteiger partial charge in [-0.25, -0.2) is 0 Å². The molecule has 1 N–H and O–H groups in total. The first-order chi connectivity index (χ1) is 8.25. The molecule has 1 aliphatic heterocycles. The van der Waals surface area contributed by atoms with Crippen LogP contribution in [-0.2, 0) is 0 Å². The van der Waals surface area contributed by atoms with Gasteiger partial charge in [-0.1, -0.05) is 17.7 Å². The minimum absolute atomic E-state index is 0.816. The maximum Gasteiger partial charge on any atom is 0.0637 e. The highest BCUT2D eigenvalue weighted by atomic mass is 35.5. The Hall–Kier alpha value is -0.730. The summed E-state index contributed by atoms with van der Waals surface area (Å²) in [4.78, 5) is 2.54. The van der Waals surface area contributed by atoms with Gasteiger partial charge in [-0.3, -0.25) is 0 Å². The number of hydrogen-bond donors (Lipinski definition) is 1. The van der Waals surface area contributed by atoms with Gasteiger partial charge in [0.2, 0.25) is 0 Å². The zero-order valence-corrected chi connectivity index (χ0v) is 11.3. The molecular weight excluding hydrogens is 232 g/mol. The fraction of sp³-hybridized carbons (Fsp3) is 0.571. The molecule has 1 heterocycles. The first-order valence-electron chi connectivity index (χ1n) is 6.48. The van der Waals surface area contributed by atoms with Crippen molar-refractivity contribution in [1.29, 1.82) is 0 Å². The van der Waals surface area contributed by atoms with Crippen LogP contribution in [-0.4, -0.2) is 31.1 Å². The second-order valence-electron chi connectivity index (χ2n) is 4.81. The minimum atomic E-state index is 0.816. The minimum Gasteiger partial charge on any atom is -0.384 e. The van der Waals surface area contributed by atoms with E-state index in [1.54, 1.807) is 0 Å². The van der Waals surface area contributed by atoms with Gasteiger partial charge in [0.15, 0.2) is 0 Å². The highest BCUT2D eigenvalue weighted by Crippen LogP contribution is 2.22. The second kappa shape index (κ2) is 6.27. The Kier molecular flexibility index (Phi) is 4.69. The molecule has 94 valence electrons. The summed E-state index contributed by atoms with van der Waals surface area (Å²) in [5.41, 5.74) is 2.31. The van der Waals surface area contributed by atoms with Crippen LogP contribution in [0.4, 0.5) is 5.69 Å². The van der Waals surface area contributed by atoms with E-state index in [1.165, 1.54) is 44.5 Å². The molecule has 0 saturated carbocycles. The van der Waals surface area contributed by atoms with Crippen molar-refractivity contribution in [3.8, 4) is 0 Å². The number of halogens is 1. The van der Waals surface area contributed by atoms with E-state index in [4.69, 9.17) is 11.6 Å². The Balaban J connectivity index is 1.72. The molecule has 2 nitrogen and oxygen atoms in total. The molecule has 1 aromatic carbocycles. The van der Waals surface area contributed by atoms with Gasteiger partial charge in [-0.15, -0.1) is 0 Å². The smallest absolute Gasteiger partial charge is 0.0637 e. The van der Waals surface area contributed by atoms with Crippen molar-refractivity contribution < 1.29 is 0 Å². The summed E-state index contributed by atoms with van der Waals surface area (Å²) in [7, 11) is 0. The average molecular weight is 253 g/mol. The quantitative estimate of drug-likeness (QED) is 0.807. The van der Waals surface area contributed by atoms with Gasteiger partial charge in [0.05, 0.1) is 10.7 Å². The molecule has 17 heavy (non-hydrogen) atoms. The van der Waals surface area contributed by atoms with Crippen molar-refractivity contribution in [3.05, 3.63) is 28.8 Å². The van der Waals surface area contributed by atoms with Gasteiger partial charge in [-0.05, 0) is 63.5 Å². The summed E-state index contributed by atoms with van der Waals surface area (Å²) >= 11 is 6.13. The summed E-state index contributed by atoms with van der Waals surface area (Å²) in [5, 5.41) is 4.24. The fourth-order valence-corrected chi connectivity index (χ4v) is 2.49. The van der Waals surface area contributed by atoms with Crippen LogP contribution in [0, 0.1) is 6.92 Å². The largest absolute Gasteiger partial charge is 0.384 e. The molecule has 1 fully saturated rings. The molecule has 0 unspecified atom stereocenters. The average Bonchev–Trinajstić information content (AvgIpc) is 2.82. The summed E-state index contributed by atoms with van der Waals surface area (Å²) < 4.78 is 0. The molecule has 2 rings (SSSR count). The summed E-state index contributed by atoms with van der Waals surface area (Å²) in [6.45, 7) is 6.86. The molecule has 0 atom stereocenters. The topological polar surface area (TPSA) is 15.3 Å². The van der Waals surface area contributed by atoms with Gasteiger partial charge in [0.1, 0.15) is 0 Å². The predicted molar refractivity (Wildman–Crippen MR) is 75.0 cm³/mol. The van der Waals surface area contributed by atoms with Gasteiger partial charge in [0, 0.05) is 6.54 Å². The van der Waals surface area contributed by atoms with Gasteiger partial charge < -0.3 is 10.2 Å². The summed E-state index contributed by atoms with van der Waals surface area (Å²) in [6, 6.07) is 6.11. The molecule has 0 aliphatic carbocycles. The first-order valence-corrected chi connectivity index (χ1v) is 6.86. The Bertz CT molecular complexity index is 359. The zero-order valence-electron chi connectivity index (χ0n) is 10.5. The van der Waals surface area contributed by atoms with E-state index in [0.717, 1.165) is 17.3 Å². The molecule has 0 amide bonds. The highest BCUT2D eigenvalue weighted by molar-refractivity contribution is 6.33. The normalized spacial score (nSPS) is 16.4. The van der Waals surface area contributed by atoms with E-state index < -0.39 is 0 Å². The van der Waals surface area contributed by atoms with Crippen LogP contribution in [0.25, 0.3) is 0 Å². The van der Waals surface area contributed by atoms with Crippen molar-refractivity contribution in [3.63, 3.8) is 0 Å². The molecule has 0 spiro atoms. The first kappa shape index (κ1) is 12.7. The van der Waals surface area contributed by atoms with E-state index in [9.17, 15) is 0 Å². The lowest BCUT2D eigenvalue weighted by Gasteiger charge is -2.15. The lowest BCUT2D eigenvalue weighted by Crippen LogP contribution is -2.22. The summed E-state index contributed by atoms with van der Waals surface area (Å²) in [5.74, 6) is 0. The van der Waals surface area contributed by atoms with Crippen LogP contribution >= 0.6 is 11.6 Å². The van der Waals surface area contributed by atoms with Crippen molar-refractivity contribution in [2.45, 2.75) is 26.2 Å². The Morgan fingerprint density at radius 3 is 2.82 bits per heavy atom. The van der Waals surface area contributed by atoms with Gasteiger partial charge >= 0.3 is 0 Å². The molecule has 1 aromatic rings. The third-order valence-electron chi connectivity index (χ3n) is 3.29. The van der Waals surface area contributed by atoms with Crippen LogP contribution in [0.5, 0.6) is 0 Å². The van der Waals surface area contributed by atoms with Crippen molar-refractivity contribution in [2.24, 2.45) is 0 Å². The van der Waals surface area contributed by atoms with E-state index >= 15 is 0 Å². The van der Waals surface area contributed by atoms with Crippen LogP contribution in [0.2, 0.25) is 5.02 Å². The molecule has 3 heteroatoms. The van der Waals surface area contributed by atoms with Crippen molar-refractivity contribution in [2.75, 3.05) is 31.5 Å². The fourth-order valence-electron chi connectivity index (χ4n) is 2.31. The van der Waals surface area contributed by atoms with Gasteiger partial charge in [0.25, 0.3) is 0 Å². The van der Waals surface area contributed by atoms with Crippen molar-refractivity contribution >= 4 is 17.3 Å². The van der Waals surface area contributed by atoms with Crippen molar-refractivity contribution in [1.82, 2.24) is 4.90 Å². The number of hydrogen-bond acceptors (Lipinski definition) is 2. The highest BCUT2D eigenvalue weighted by Gasteiger charge is 2.10. The third kappa shape index (κ3) is 3.90. The van der Waals surface area contributed by atoms with E-state index in [2.05, 4.69) is 23.2 Å². The molecular formula is C14H21ClN2. The van der Waals surface area contributed by atoms with E-state index in [1.807, 2.05) is 12.1 Å². The number of nitrogens with zero attached hydrogens (tertiary/aromatic N) is 1. The maximum atomic E-state index is 6.13. The van der Waals surface area contributed by atoms with Crippen LogP contribution in [0.1, 0.15) is 24.8 Å². The Labute approximate surface area is 109 Å². The predicted octanol–water partition coefficient (Wildman–Crippen LogP) is 3.55. The lowest BCUT2D eigenvalue weighted by atomic mass is 10.2. The summed E-state index contributed by atoms with van der Waals surface area (Å²) in [6.07, 6.45) is 3.93. The Morgan fingerprint density at radius 1 is 1.29 bits per heavy atom. The lowest BCUT2D eigenvalue weighted by molar-refractivity contribution is 0.337. The standard InChI is InChI=1S/C14H21ClN2/c1-12-5-6-13(15)14(11-12)16-7-4-10-17-8-2-3-9-17/h5-6,11,16H,2-4,7-10H2,1H3. The molecule has 0 bridgehead atoms. The van der Waals surface area contributed by atoms with Gasteiger partial charge in [-0.2, -0.15) is 0 Å². The number of aryl methyl sites for hydroxylation is 1. The number of anilines is 1. The monoisotopic (exact) mass is 252 g/mol. The van der Waals surface area contributed by atoms with E-state index in [0.29, 0.717) is 0 Å². The number of nitrogens with one attached hydrogen (secondary N) is 1. The number of benzene rings is 1. The third-order valence-corrected chi connectivity index (χ3v) is 3.62. The van der Waals surface area contributed by atoms with Crippen LogP contribution in [0.3, 0.4) is 0 Å². The number of rotatable bonds is 5. The van der Waals surface area contributed by atoms with Crippen LogP contribution in [0.15, 0.2) is 18.2 Å². The number of likely N-dealkylation sites (tertiary alicyclic amines) is 1. The molecule has 1 aliphatic rings. The Morgan fingerprint density at radius 2 is 2.06 bits per heavy atom. The SMILES string of the molecule is Cc1ccc(Cl)c(NCCCN2CCCC2)c1. The zero-order chi connectivity index (χ0) is 12.1. The molecule has 0 aromatic heterocycles. The second-order valence-corrected chi connectivity index (χ2v) is 5.22.